The lowest BCUT2D eigenvalue weighted by Crippen LogP contribution is -2.32. The Morgan fingerprint density at radius 1 is 1.25 bits per heavy atom. The van der Waals surface area contributed by atoms with E-state index in [4.69, 9.17) is 0 Å². The summed E-state index contributed by atoms with van der Waals surface area (Å²) in [5.74, 6) is 0.532. The molecule has 0 fully saturated rings. The zero-order chi connectivity index (χ0) is 17.9. The van der Waals surface area contributed by atoms with Gasteiger partial charge in [-0.3, -0.25) is 9.59 Å². The third-order valence-electron chi connectivity index (χ3n) is 4.24. The van der Waals surface area contributed by atoms with E-state index in [1.54, 1.807) is 29.7 Å². The summed E-state index contributed by atoms with van der Waals surface area (Å²) in [7, 11) is 0. The van der Waals surface area contributed by atoms with E-state index in [1.807, 2.05) is 13.8 Å². The van der Waals surface area contributed by atoms with Crippen LogP contribution in [0.2, 0.25) is 0 Å². The maximum atomic E-state index is 12.4. The summed E-state index contributed by atoms with van der Waals surface area (Å²) in [5.41, 5.74) is 2.39. The van der Waals surface area contributed by atoms with Crippen LogP contribution in [0.15, 0.2) is 23.0 Å². The molecule has 1 aromatic heterocycles. The lowest BCUT2D eigenvalue weighted by molar-refractivity contribution is 0.0937. The zero-order valence-electron chi connectivity index (χ0n) is 15.2. The molecule has 1 unspecified atom stereocenters. The van der Waals surface area contributed by atoms with Crippen LogP contribution < -0.4 is 10.9 Å². The molecule has 0 aliphatic carbocycles. The number of amides is 1. The van der Waals surface area contributed by atoms with E-state index in [0.29, 0.717) is 29.2 Å². The number of benzene rings is 1. The highest BCUT2D eigenvalue weighted by Crippen LogP contribution is 2.14. The number of carbonyl (C=O) groups is 1. The highest BCUT2D eigenvalue weighted by Gasteiger charge is 2.13. The molecule has 0 saturated heterocycles. The van der Waals surface area contributed by atoms with Gasteiger partial charge in [-0.25, -0.2) is 4.98 Å². The van der Waals surface area contributed by atoms with Gasteiger partial charge in [0, 0.05) is 18.2 Å². The molecular formula is C19H27N3O2. The molecule has 0 spiro atoms. The van der Waals surface area contributed by atoms with Gasteiger partial charge in [0.2, 0.25) is 0 Å². The molecule has 24 heavy (non-hydrogen) atoms. The fourth-order valence-electron chi connectivity index (χ4n) is 2.79. The number of fused-ring (bicyclic) bond motifs is 1. The van der Waals surface area contributed by atoms with Crippen LogP contribution in [0, 0.1) is 12.8 Å². The van der Waals surface area contributed by atoms with E-state index in [9.17, 15) is 9.59 Å². The average Bonchev–Trinajstić information content (AvgIpc) is 2.53. The Morgan fingerprint density at radius 3 is 2.58 bits per heavy atom. The van der Waals surface area contributed by atoms with Crippen molar-refractivity contribution in [1.82, 2.24) is 14.9 Å². The van der Waals surface area contributed by atoms with Crippen molar-refractivity contribution in [2.24, 2.45) is 5.92 Å². The third kappa shape index (κ3) is 4.02. The molecule has 1 N–H and O–H groups in total. The first-order chi connectivity index (χ1) is 11.3. The van der Waals surface area contributed by atoms with Gasteiger partial charge in [-0.2, -0.15) is 0 Å². The van der Waals surface area contributed by atoms with Gasteiger partial charge in [0.05, 0.1) is 11.0 Å². The molecule has 130 valence electrons. The molecule has 5 heteroatoms. The maximum absolute atomic E-state index is 12.4. The SMILES string of the molecule is CCn1c(=O)c(C)nc2cc(C(=O)NC(C)CCC(C)C)ccc21. The highest BCUT2D eigenvalue weighted by molar-refractivity contribution is 5.97. The van der Waals surface area contributed by atoms with E-state index in [-0.39, 0.29) is 17.5 Å². The van der Waals surface area contributed by atoms with Gasteiger partial charge in [-0.15, -0.1) is 0 Å². The number of aromatic nitrogens is 2. The van der Waals surface area contributed by atoms with E-state index in [1.165, 1.54) is 0 Å². The Labute approximate surface area is 143 Å². The summed E-state index contributed by atoms with van der Waals surface area (Å²) in [6.45, 7) is 10.6. The predicted molar refractivity (Wildman–Crippen MR) is 97.4 cm³/mol. The van der Waals surface area contributed by atoms with Crippen molar-refractivity contribution >= 4 is 16.9 Å². The standard InChI is InChI=1S/C19H27N3O2/c1-6-22-17-10-9-15(11-16(17)21-14(5)19(22)24)18(23)20-13(4)8-7-12(2)3/h9-13H,6-8H2,1-5H3,(H,20,23). The van der Waals surface area contributed by atoms with Gasteiger partial charge in [0.1, 0.15) is 5.69 Å². The Bertz CT molecular complexity index is 793. The minimum absolute atomic E-state index is 0.0792. The molecule has 0 bridgehead atoms. The largest absolute Gasteiger partial charge is 0.350 e. The van der Waals surface area contributed by atoms with Crippen LogP contribution in [0.4, 0.5) is 0 Å². The second-order valence-corrected chi connectivity index (χ2v) is 6.80. The van der Waals surface area contributed by atoms with E-state index < -0.39 is 0 Å². The van der Waals surface area contributed by atoms with Crippen LogP contribution in [0.3, 0.4) is 0 Å². The fraction of sp³-hybridized carbons (Fsp3) is 0.526. The first kappa shape index (κ1) is 18.2. The highest BCUT2D eigenvalue weighted by atomic mass is 16.1. The minimum atomic E-state index is -0.0955. The lowest BCUT2D eigenvalue weighted by Gasteiger charge is -2.15. The monoisotopic (exact) mass is 329 g/mol. The second kappa shape index (κ2) is 7.60. The van der Waals surface area contributed by atoms with Gasteiger partial charge < -0.3 is 9.88 Å². The topological polar surface area (TPSA) is 64.0 Å². The minimum Gasteiger partial charge on any atom is -0.350 e. The van der Waals surface area contributed by atoms with E-state index in [0.717, 1.165) is 18.4 Å². The average molecular weight is 329 g/mol. The Balaban J connectivity index is 2.26. The van der Waals surface area contributed by atoms with E-state index >= 15 is 0 Å². The smallest absolute Gasteiger partial charge is 0.272 e. The predicted octanol–water partition coefficient (Wildman–Crippen LogP) is 3.28. The van der Waals surface area contributed by atoms with Crippen LogP contribution in [0.1, 0.15) is 56.6 Å². The second-order valence-electron chi connectivity index (χ2n) is 6.80. The number of nitrogens with zero attached hydrogens (tertiary/aromatic N) is 2. The summed E-state index contributed by atoms with van der Waals surface area (Å²) in [5, 5.41) is 3.04. The van der Waals surface area contributed by atoms with Crippen LogP contribution in [-0.2, 0) is 6.54 Å². The van der Waals surface area contributed by atoms with Crippen molar-refractivity contribution in [1.29, 1.82) is 0 Å². The van der Waals surface area contributed by atoms with Gasteiger partial charge in [0.25, 0.3) is 11.5 Å². The van der Waals surface area contributed by atoms with Crippen molar-refractivity contribution in [2.75, 3.05) is 0 Å². The first-order valence-electron chi connectivity index (χ1n) is 8.65. The van der Waals surface area contributed by atoms with Crippen LogP contribution >= 0.6 is 0 Å². The van der Waals surface area contributed by atoms with Crippen molar-refractivity contribution in [2.45, 2.75) is 60.0 Å². The van der Waals surface area contributed by atoms with Gasteiger partial charge in [-0.05, 0) is 57.7 Å². The summed E-state index contributed by atoms with van der Waals surface area (Å²) in [6.07, 6.45) is 2.05. The number of rotatable bonds is 6. The molecule has 1 aromatic carbocycles. The molecular weight excluding hydrogens is 302 g/mol. The number of nitrogens with one attached hydrogen (secondary N) is 1. The number of hydrogen-bond donors (Lipinski definition) is 1. The number of carbonyl (C=O) groups excluding carboxylic acids is 1. The molecule has 0 radical (unpaired) electrons. The summed E-state index contributed by atoms with van der Waals surface area (Å²) in [4.78, 5) is 28.9. The Hall–Kier alpha value is -2.17. The molecule has 0 saturated carbocycles. The lowest BCUT2D eigenvalue weighted by atomic mass is 10.0. The molecule has 2 aromatic rings. The molecule has 5 nitrogen and oxygen atoms in total. The van der Waals surface area contributed by atoms with Crippen LogP contribution in [0.5, 0.6) is 0 Å². The van der Waals surface area contributed by atoms with Crippen molar-refractivity contribution < 1.29 is 4.79 Å². The molecule has 0 aliphatic heterocycles. The van der Waals surface area contributed by atoms with E-state index in [2.05, 4.69) is 24.1 Å². The molecule has 0 aliphatic rings. The van der Waals surface area contributed by atoms with Crippen LogP contribution in [-0.4, -0.2) is 21.5 Å². The summed E-state index contributed by atoms with van der Waals surface area (Å²) >= 11 is 0. The van der Waals surface area contributed by atoms with Gasteiger partial charge >= 0.3 is 0 Å². The molecule has 1 amide bonds. The van der Waals surface area contributed by atoms with Crippen LogP contribution in [0.25, 0.3) is 11.0 Å². The molecule has 1 heterocycles. The summed E-state index contributed by atoms with van der Waals surface area (Å²) < 4.78 is 1.69. The van der Waals surface area contributed by atoms with Gasteiger partial charge in [0.15, 0.2) is 0 Å². The fourth-order valence-corrected chi connectivity index (χ4v) is 2.79. The number of hydrogen-bond acceptors (Lipinski definition) is 3. The van der Waals surface area contributed by atoms with Crippen molar-refractivity contribution in [3.63, 3.8) is 0 Å². The Kier molecular flexibility index (Phi) is 5.75. The third-order valence-corrected chi connectivity index (χ3v) is 4.24. The quantitative estimate of drug-likeness (QED) is 0.884. The zero-order valence-corrected chi connectivity index (χ0v) is 15.2. The maximum Gasteiger partial charge on any atom is 0.272 e. The van der Waals surface area contributed by atoms with Crippen molar-refractivity contribution in [3.05, 3.63) is 39.8 Å². The molecule has 2 rings (SSSR count). The van der Waals surface area contributed by atoms with Gasteiger partial charge in [-0.1, -0.05) is 13.8 Å². The Morgan fingerprint density at radius 2 is 1.96 bits per heavy atom. The summed E-state index contributed by atoms with van der Waals surface area (Å²) in [6, 6.07) is 5.46. The van der Waals surface area contributed by atoms with Crippen molar-refractivity contribution in [3.8, 4) is 0 Å². The molecule has 1 atom stereocenters. The number of aryl methyl sites for hydroxylation is 2. The normalized spacial score (nSPS) is 12.6. The first-order valence-corrected chi connectivity index (χ1v) is 8.65.